The average Bonchev–Trinajstić information content (AvgIpc) is 2.47. The van der Waals surface area contributed by atoms with Crippen LogP contribution in [0.4, 0.5) is 0 Å². The van der Waals surface area contributed by atoms with Gasteiger partial charge in [-0.25, -0.2) is 0 Å². The van der Waals surface area contributed by atoms with Gasteiger partial charge < -0.3 is 10.2 Å². The van der Waals surface area contributed by atoms with Crippen molar-refractivity contribution in [2.75, 3.05) is 0 Å². The third kappa shape index (κ3) is 2.14. The van der Waals surface area contributed by atoms with Crippen LogP contribution in [0.3, 0.4) is 0 Å². The Labute approximate surface area is 180 Å². The molecule has 0 heterocycles. The van der Waals surface area contributed by atoms with Crippen LogP contribution >= 0.6 is 0 Å². The van der Waals surface area contributed by atoms with E-state index < -0.39 is 22.8 Å². The number of carboxylic acids is 2. The van der Waals surface area contributed by atoms with Gasteiger partial charge in [-0.15, -0.1) is 0 Å². The van der Waals surface area contributed by atoms with Gasteiger partial charge in [0.1, 0.15) is 0 Å². The Morgan fingerprint density at radius 2 is 0.733 bits per heavy atom. The second-order valence-electron chi connectivity index (χ2n) is 15.1. The molecule has 4 heteroatoms. The minimum absolute atomic E-state index is 0.00583. The van der Waals surface area contributed by atoms with Crippen LogP contribution in [0.5, 0.6) is 0 Å². The molecule has 0 radical (unpaired) electrons. The molecule has 8 saturated carbocycles. The van der Waals surface area contributed by atoms with Gasteiger partial charge in [-0.2, -0.15) is 0 Å². The summed E-state index contributed by atoms with van der Waals surface area (Å²) in [6.45, 7) is 9.41. The van der Waals surface area contributed by atoms with Crippen molar-refractivity contribution in [2.45, 2.75) is 105 Å². The van der Waals surface area contributed by atoms with Gasteiger partial charge >= 0.3 is 11.9 Å². The molecule has 166 valence electrons. The summed E-state index contributed by atoms with van der Waals surface area (Å²) in [4.78, 5) is 25.4. The molecule has 0 saturated heterocycles. The largest absolute Gasteiger partial charge is 0.481 e. The topological polar surface area (TPSA) is 74.6 Å². The van der Waals surface area contributed by atoms with Gasteiger partial charge in [0.2, 0.25) is 0 Å². The summed E-state index contributed by atoms with van der Waals surface area (Å²) in [7, 11) is 0. The van der Waals surface area contributed by atoms with Crippen LogP contribution in [0.2, 0.25) is 0 Å². The monoisotopic (exact) mass is 414 g/mol. The molecule has 0 spiro atoms. The van der Waals surface area contributed by atoms with Crippen molar-refractivity contribution in [3.05, 3.63) is 0 Å². The van der Waals surface area contributed by atoms with E-state index in [1.165, 1.54) is 0 Å². The zero-order chi connectivity index (χ0) is 21.6. The Balaban J connectivity index is 1.55. The van der Waals surface area contributed by atoms with Crippen molar-refractivity contribution < 1.29 is 19.8 Å². The van der Waals surface area contributed by atoms with Gasteiger partial charge in [0.25, 0.3) is 0 Å². The first-order valence-corrected chi connectivity index (χ1v) is 12.1. The highest BCUT2D eigenvalue weighted by molar-refractivity contribution is 5.77. The molecule has 30 heavy (non-hydrogen) atoms. The summed E-state index contributed by atoms with van der Waals surface area (Å²) in [5.41, 5.74) is -0.860. The molecule has 8 fully saturated rings. The van der Waals surface area contributed by atoms with E-state index in [4.69, 9.17) is 0 Å². The SMILES string of the molecule is CC12CC3(C)CC(C(=O)O)(C1)CC(C14CC5(C)CC(C)(CC(C(=O)O)(C5)C1)C4)(C2)C3. The van der Waals surface area contributed by atoms with Crippen LogP contribution in [-0.4, -0.2) is 22.2 Å². The lowest BCUT2D eigenvalue weighted by Crippen LogP contribution is -2.72. The first-order chi connectivity index (χ1) is 13.6. The molecule has 4 atom stereocenters. The molecule has 0 aliphatic heterocycles. The van der Waals surface area contributed by atoms with Crippen LogP contribution < -0.4 is 0 Å². The zero-order valence-electron chi connectivity index (χ0n) is 19.2. The molecule has 2 N–H and O–H groups in total. The number of hydrogen-bond donors (Lipinski definition) is 2. The highest BCUT2D eigenvalue weighted by atomic mass is 16.4. The van der Waals surface area contributed by atoms with Crippen LogP contribution in [0.25, 0.3) is 0 Å². The molecule has 8 aliphatic rings. The molecule has 0 aromatic heterocycles. The first kappa shape index (κ1) is 19.6. The van der Waals surface area contributed by atoms with Crippen molar-refractivity contribution >= 4 is 11.9 Å². The van der Waals surface area contributed by atoms with Gasteiger partial charge in [0.15, 0.2) is 0 Å². The van der Waals surface area contributed by atoms with E-state index in [-0.39, 0.29) is 32.5 Å². The van der Waals surface area contributed by atoms with E-state index in [2.05, 4.69) is 27.7 Å². The molecule has 8 aliphatic carbocycles. The van der Waals surface area contributed by atoms with Crippen molar-refractivity contribution in [1.82, 2.24) is 0 Å². The molecular weight excluding hydrogens is 376 g/mol. The lowest BCUT2D eigenvalue weighted by Gasteiger charge is -2.78. The van der Waals surface area contributed by atoms with Gasteiger partial charge in [-0.1, -0.05) is 27.7 Å². The number of carboxylic acid groups (broad SMARTS) is 2. The Morgan fingerprint density at radius 3 is 0.967 bits per heavy atom. The maximum absolute atomic E-state index is 12.7. The Bertz CT molecular complexity index is 777. The van der Waals surface area contributed by atoms with Crippen molar-refractivity contribution in [2.24, 2.45) is 43.3 Å². The number of aliphatic carboxylic acids is 2. The summed E-state index contributed by atoms with van der Waals surface area (Å²) in [5.74, 6) is -1.17. The standard InChI is InChI=1S/C26H38O4/c1-19-5-20(2)8-23(7-19,17(27)28)15-25(11-19,12-20)26-13-21(3)6-22(4,14-26)10-24(9-21,16-26)18(29)30/h5-16H2,1-4H3,(H,27,28)(H,29,30). The summed E-state index contributed by atoms with van der Waals surface area (Å²) < 4.78 is 0. The molecule has 0 aromatic carbocycles. The minimum atomic E-state index is -0.597. The lowest BCUT2D eigenvalue weighted by molar-refractivity contribution is -0.295. The second-order valence-corrected chi connectivity index (χ2v) is 15.1. The van der Waals surface area contributed by atoms with Gasteiger partial charge in [0, 0.05) is 0 Å². The van der Waals surface area contributed by atoms with Gasteiger partial charge in [-0.05, 0) is 110 Å². The van der Waals surface area contributed by atoms with Crippen molar-refractivity contribution in [3.8, 4) is 0 Å². The normalized spacial score (nSPS) is 62.7. The molecule has 0 amide bonds. The van der Waals surface area contributed by atoms with Gasteiger partial charge in [0.05, 0.1) is 10.8 Å². The van der Waals surface area contributed by atoms with Crippen LogP contribution in [0.1, 0.15) is 105 Å². The molecular formula is C26H38O4. The van der Waals surface area contributed by atoms with E-state index >= 15 is 0 Å². The summed E-state index contributed by atoms with van der Waals surface area (Å²) >= 11 is 0. The molecule has 4 unspecified atom stereocenters. The number of hydrogen-bond acceptors (Lipinski definition) is 2. The van der Waals surface area contributed by atoms with Crippen LogP contribution in [0.15, 0.2) is 0 Å². The van der Waals surface area contributed by atoms with Gasteiger partial charge in [-0.3, -0.25) is 9.59 Å². The smallest absolute Gasteiger partial charge is 0.309 e. The predicted molar refractivity (Wildman–Crippen MR) is 113 cm³/mol. The van der Waals surface area contributed by atoms with Crippen LogP contribution in [0, 0.1) is 43.3 Å². The number of carbonyl (C=O) groups is 2. The second kappa shape index (κ2) is 4.81. The Kier molecular flexibility index (Phi) is 3.14. The van der Waals surface area contributed by atoms with Crippen molar-refractivity contribution in [3.63, 3.8) is 0 Å². The Morgan fingerprint density at radius 1 is 0.467 bits per heavy atom. The van der Waals surface area contributed by atoms with Crippen molar-refractivity contribution in [1.29, 1.82) is 0 Å². The fraction of sp³-hybridized carbons (Fsp3) is 0.923. The molecule has 4 nitrogen and oxygen atoms in total. The maximum Gasteiger partial charge on any atom is 0.309 e. The van der Waals surface area contributed by atoms with E-state index in [1.807, 2.05) is 0 Å². The third-order valence-electron chi connectivity index (χ3n) is 11.2. The molecule has 8 bridgehead atoms. The highest BCUT2D eigenvalue weighted by Gasteiger charge is 2.78. The first-order valence-electron chi connectivity index (χ1n) is 12.1. The van der Waals surface area contributed by atoms with Crippen LogP contribution in [-0.2, 0) is 9.59 Å². The van der Waals surface area contributed by atoms with E-state index in [9.17, 15) is 19.8 Å². The lowest BCUT2D eigenvalue weighted by atomic mass is 9.25. The summed E-state index contributed by atoms with van der Waals surface area (Å²) in [5, 5.41) is 20.9. The average molecular weight is 415 g/mol. The molecule has 8 rings (SSSR count). The quantitative estimate of drug-likeness (QED) is 0.604. The number of rotatable bonds is 3. The van der Waals surface area contributed by atoms with E-state index in [1.54, 1.807) is 0 Å². The third-order valence-corrected chi connectivity index (χ3v) is 11.2. The minimum Gasteiger partial charge on any atom is -0.481 e. The fourth-order valence-electron chi connectivity index (χ4n) is 13.0. The van der Waals surface area contributed by atoms with E-state index in [0.29, 0.717) is 0 Å². The molecule has 0 aromatic rings. The predicted octanol–water partition coefficient (Wildman–Crippen LogP) is 5.89. The fourth-order valence-corrected chi connectivity index (χ4v) is 13.0. The zero-order valence-corrected chi connectivity index (χ0v) is 19.2. The Hall–Kier alpha value is -1.06. The maximum atomic E-state index is 12.7. The highest BCUT2D eigenvalue weighted by Crippen LogP contribution is 2.85. The summed E-state index contributed by atoms with van der Waals surface area (Å²) in [6.07, 6.45) is 11.6. The summed E-state index contributed by atoms with van der Waals surface area (Å²) in [6, 6.07) is 0. The van der Waals surface area contributed by atoms with E-state index in [0.717, 1.165) is 77.0 Å².